The second-order valence-electron chi connectivity index (χ2n) is 6.37. The fourth-order valence-corrected chi connectivity index (χ4v) is 2.49. The van der Waals surface area contributed by atoms with Crippen LogP contribution in [-0.4, -0.2) is 33.2 Å². The lowest BCUT2D eigenvalue weighted by Crippen LogP contribution is -2.45. The van der Waals surface area contributed by atoms with Gasteiger partial charge in [0.05, 0.1) is 16.6 Å². The molecule has 7 nitrogen and oxygen atoms in total. The van der Waals surface area contributed by atoms with Crippen LogP contribution in [0.25, 0.3) is 11.1 Å². The molecule has 0 fully saturated rings. The third-order valence-electron chi connectivity index (χ3n) is 4.24. The number of pyridine rings is 1. The van der Waals surface area contributed by atoms with Gasteiger partial charge in [0.15, 0.2) is 0 Å². The van der Waals surface area contributed by atoms with Gasteiger partial charge in [-0.1, -0.05) is 39.3 Å². The summed E-state index contributed by atoms with van der Waals surface area (Å²) in [6.45, 7) is 9.32. The Bertz CT molecular complexity index is 767. The highest BCUT2D eigenvalue weighted by Crippen LogP contribution is 2.25. The number of nitrogens with one attached hydrogen (secondary N) is 1. The van der Waals surface area contributed by atoms with Crippen LogP contribution in [0.2, 0.25) is 0 Å². The van der Waals surface area contributed by atoms with Crippen LogP contribution in [0.15, 0.2) is 10.6 Å². The average molecular weight is 333 g/mol. The molecule has 130 valence electrons. The second kappa shape index (κ2) is 6.98. The molecule has 2 heterocycles. The molecule has 2 N–H and O–H groups in total. The van der Waals surface area contributed by atoms with Gasteiger partial charge >= 0.3 is 5.97 Å². The first-order valence-corrected chi connectivity index (χ1v) is 8.06. The fourth-order valence-electron chi connectivity index (χ4n) is 2.49. The van der Waals surface area contributed by atoms with E-state index in [0.717, 1.165) is 0 Å². The molecule has 0 aliphatic heterocycles. The summed E-state index contributed by atoms with van der Waals surface area (Å²) >= 11 is 0. The first-order valence-electron chi connectivity index (χ1n) is 8.06. The van der Waals surface area contributed by atoms with Gasteiger partial charge in [-0.25, -0.2) is 9.78 Å². The number of hydrogen-bond acceptors (Lipinski definition) is 5. The fraction of sp³-hybridized carbons (Fsp3) is 0.529. The third kappa shape index (κ3) is 3.39. The van der Waals surface area contributed by atoms with Crippen molar-refractivity contribution in [3.63, 3.8) is 0 Å². The second-order valence-corrected chi connectivity index (χ2v) is 6.37. The third-order valence-corrected chi connectivity index (χ3v) is 4.24. The van der Waals surface area contributed by atoms with Gasteiger partial charge in [-0.15, -0.1) is 0 Å². The van der Waals surface area contributed by atoms with E-state index in [2.05, 4.69) is 15.5 Å². The molecule has 2 aromatic rings. The topological polar surface area (TPSA) is 105 Å². The summed E-state index contributed by atoms with van der Waals surface area (Å²) in [6.07, 6.45) is 0.645. The van der Waals surface area contributed by atoms with Gasteiger partial charge in [-0.2, -0.15) is 0 Å². The lowest BCUT2D eigenvalue weighted by atomic mass is 9.98. The van der Waals surface area contributed by atoms with Crippen LogP contribution in [0, 0.1) is 12.8 Å². The number of amides is 1. The van der Waals surface area contributed by atoms with Crippen molar-refractivity contribution in [2.24, 2.45) is 5.92 Å². The van der Waals surface area contributed by atoms with Crippen LogP contribution in [0.1, 0.15) is 61.8 Å². The number of aromatic nitrogens is 2. The van der Waals surface area contributed by atoms with Gasteiger partial charge in [0.2, 0.25) is 0 Å². The van der Waals surface area contributed by atoms with Crippen molar-refractivity contribution in [3.05, 3.63) is 23.0 Å². The van der Waals surface area contributed by atoms with Gasteiger partial charge in [-0.3, -0.25) is 4.79 Å². The van der Waals surface area contributed by atoms with Crippen LogP contribution in [0.3, 0.4) is 0 Å². The normalized spacial score (nSPS) is 13.9. The van der Waals surface area contributed by atoms with Crippen molar-refractivity contribution in [1.82, 2.24) is 15.5 Å². The molecule has 0 saturated carbocycles. The van der Waals surface area contributed by atoms with E-state index in [9.17, 15) is 14.7 Å². The van der Waals surface area contributed by atoms with Gasteiger partial charge in [0.25, 0.3) is 11.6 Å². The summed E-state index contributed by atoms with van der Waals surface area (Å²) in [5, 5.41) is 16.4. The zero-order chi connectivity index (χ0) is 18.0. The monoisotopic (exact) mass is 333 g/mol. The van der Waals surface area contributed by atoms with Gasteiger partial charge < -0.3 is 14.9 Å². The van der Waals surface area contributed by atoms with Crippen LogP contribution in [0.5, 0.6) is 0 Å². The first-order chi connectivity index (χ1) is 11.3. The minimum absolute atomic E-state index is 0.0937. The summed E-state index contributed by atoms with van der Waals surface area (Å²) in [4.78, 5) is 28.6. The van der Waals surface area contributed by atoms with E-state index < -0.39 is 17.9 Å². The molecule has 0 spiro atoms. The molecule has 0 bridgehead atoms. The molecular formula is C17H23N3O4. The Balaban J connectivity index is 2.48. The smallest absolute Gasteiger partial charge is 0.326 e. The lowest BCUT2D eigenvalue weighted by Gasteiger charge is -2.20. The largest absolute Gasteiger partial charge is 0.480 e. The van der Waals surface area contributed by atoms with Gasteiger partial charge in [-0.05, 0) is 24.8 Å². The average Bonchev–Trinajstić information content (AvgIpc) is 2.91. The quantitative estimate of drug-likeness (QED) is 0.842. The molecule has 0 radical (unpaired) electrons. The number of carbonyl (C=O) groups is 2. The summed E-state index contributed by atoms with van der Waals surface area (Å²) in [5.74, 6) is -1.59. The Hall–Kier alpha value is -2.44. The Morgan fingerprint density at radius 3 is 2.54 bits per heavy atom. The molecule has 0 saturated heterocycles. The number of aryl methyl sites for hydroxylation is 1. The number of rotatable bonds is 6. The molecule has 24 heavy (non-hydrogen) atoms. The van der Waals surface area contributed by atoms with E-state index in [4.69, 9.17) is 4.52 Å². The molecule has 0 aliphatic carbocycles. The molecule has 2 atom stereocenters. The molecule has 2 rings (SSSR count). The number of carboxylic acids is 1. The van der Waals surface area contributed by atoms with E-state index in [0.29, 0.717) is 34.5 Å². The zero-order valence-corrected chi connectivity index (χ0v) is 14.6. The van der Waals surface area contributed by atoms with E-state index in [1.54, 1.807) is 19.9 Å². The maximum absolute atomic E-state index is 12.7. The standard InChI is InChI=1S/C17H23N3O4/c1-6-9(4)14(17(22)23)19-15(21)11-7-12(8(2)3)18-16-13(11)10(5)20-24-16/h7-9,14H,6H2,1-5H3,(H,19,21)(H,22,23). The number of hydrogen-bond donors (Lipinski definition) is 2. The van der Waals surface area contributed by atoms with Gasteiger partial charge in [0, 0.05) is 5.69 Å². The zero-order valence-electron chi connectivity index (χ0n) is 14.6. The minimum Gasteiger partial charge on any atom is -0.480 e. The minimum atomic E-state index is -1.05. The van der Waals surface area contributed by atoms with Crippen molar-refractivity contribution in [1.29, 1.82) is 0 Å². The Labute approximate surface area is 140 Å². The Morgan fingerprint density at radius 1 is 1.33 bits per heavy atom. The molecule has 2 aromatic heterocycles. The molecule has 1 amide bonds. The lowest BCUT2D eigenvalue weighted by molar-refractivity contribution is -0.140. The maximum atomic E-state index is 12.7. The summed E-state index contributed by atoms with van der Waals surface area (Å²) in [5.41, 5.74) is 1.88. The molecule has 2 unspecified atom stereocenters. The maximum Gasteiger partial charge on any atom is 0.326 e. The van der Waals surface area contributed by atoms with Crippen LogP contribution < -0.4 is 5.32 Å². The summed E-state index contributed by atoms with van der Waals surface area (Å²) in [6, 6.07) is 0.732. The van der Waals surface area contributed by atoms with E-state index in [1.807, 2.05) is 20.8 Å². The van der Waals surface area contributed by atoms with Crippen molar-refractivity contribution in [2.45, 2.75) is 53.0 Å². The van der Waals surface area contributed by atoms with E-state index in [1.165, 1.54) is 0 Å². The number of carboxylic acid groups (broad SMARTS) is 1. The predicted molar refractivity (Wildman–Crippen MR) is 89.0 cm³/mol. The SMILES string of the molecule is CCC(C)C(NC(=O)c1cc(C(C)C)nc2onc(C)c12)C(=O)O. The predicted octanol–water partition coefficient (Wildman–Crippen LogP) is 2.88. The molecule has 7 heteroatoms. The van der Waals surface area contributed by atoms with Crippen molar-refractivity contribution in [3.8, 4) is 0 Å². The number of nitrogens with zero attached hydrogens (tertiary/aromatic N) is 2. The van der Waals surface area contributed by atoms with E-state index >= 15 is 0 Å². The molecule has 0 aliphatic rings. The van der Waals surface area contributed by atoms with Crippen LogP contribution in [0.4, 0.5) is 0 Å². The van der Waals surface area contributed by atoms with Crippen LogP contribution >= 0.6 is 0 Å². The van der Waals surface area contributed by atoms with Crippen LogP contribution in [-0.2, 0) is 4.79 Å². The summed E-state index contributed by atoms with van der Waals surface area (Å²) in [7, 11) is 0. The van der Waals surface area contributed by atoms with Crippen molar-refractivity contribution < 1.29 is 19.2 Å². The van der Waals surface area contributed by atoms with Gasteiger partial charge in [0.1, 0.15) is 6.04 Å². The molecule has 0 aromatic carbocycles. The number of aliphatic carboxylic acids is 1. The molecular weight excluding hydrogens is 310 g/mol. The Kier molecular flexibility index (Phi) is 5.21. The highest BCUT2D eigenvalue weighted by Gasteiger charge is 2.28. The number of carbonyl (C=O) groups excluding carboxylic acids is 1. The summed E-state index contributed by atoms with van der Waals surface area (Å²) < 4.78 is 5.19. The first kappa shape index (κ1) is 17.9. The highest BCUT2D eigenvalue weighted by molar-refractivity contribution is 6.07. The highest BCUT2D eigenvalue weighted by atomic mass is 16.5. The van der Waals surface area contributed by atoms with E-state index in [-0.39, 0.29) is 11.8 Å². The number of fused-ring (bicyclic) bond motifs is 1. The van der Waals surface area contributed by atoms with Crippen molar-refractivity contribution in [2.75, 3.05) is 0 Å². The Morgan fingerprint density at radius 2 is 2.00 bits per heavy atom. The van der Waals surface area contributed by atoms with Crippen molar-refractivity contribution >= 4 is 23.0 Å².